The molecule has 1 fully saturated rings. The number of amides is 5. The first-order valence-corrected chi connectivity index (χ1v) is 12.7. The Balaban J connectivity index is 1.46. The highest BCUT2D eigenvalue weighted by atomic mass is 79.9. The molecule has 5 amide bonds. The first-order valence-electron chi connectivity index (χ1n) is 11.1. The number of urea groups is 1. The quantitative estimate of drug-likeness (QED) is 0.277. The van der Waals surface area contributed by atoms with E-state index in [1.807, 2.05) is 32.0 Å². The average Bonchev–Trinajstić information content (AvgIpc) is 2.84. The van der Waals surface area contributed by atoms with E-state index in [1.54, 1.807) is 42.5 Å². The molecule has 1 saturated heterocycles. The van der Waals surface area contributed by atoms with Crippen molar-refractivity contribution in [1.82, 2.24) is 5.32 Å². The lowest BCUT2D eigenvalue weighted by Crippen LogP contribution is -2.54. The molecule has 0 aromatic heterocycles. The lowest BCUT2D eigenvalue weighted by molar-refractivity contribution is -0.122. The minimum absolute atomic E-state index is 0.198. The Morgan fingerprint density at radius 3 is 2.38 bits per heavy atom. The Labute approximate surface area is 229 Å². The predicted octanol–water partition coefficient (Wildman–Crippen LogP) is 5.51. The summed E-state index contributed by atoms with van der Waals surface area (Å²) in [6.07, 6.45) is 1.39. The van der Waals surface area contributed by atoms with Crippen LogP contribution in [0.5, 0.6) is 5.75 Å². The highest BCUT2D eigenvalue weighted by Crippen LogP contribution is 2.28. The van der Waals surface area contributed by atoms with Crippen LogP contribution in [0.25, 0.3) is 6.08 Å². The molecule has 0 radical (unpaired) electrons. The summed E-state index contributed by atoms with van der Waals surface area (Å²) in [7, 11) is 0. The molecule has 3 aromatic rings. The largest absolute Gasteiger partial charge is 0.483 e. The zero-order valence-electron chi connectivity index (χ0n) is 19.8. The molecule has 0 spiro atoms. The molecule has 8 nitrogen and oxygen atoms in total. The van der Waals surface area contributed by atoms with E-state index in [4.69, 9.17) is 4.74 Å². The van der Waals surface area contributed by atoms with Crippen LogP contribution in [0.4, 0.5) is 16.2 Å². The fourth-order valence-electron chi connectivity index (χ4n) is 3.53. The van der Waals surface area contributed by atoms with E-state index >= 15 is 0 Å². The number of aryl methyl sites for hydroxylation is 2. The Morgan fingerprint density at radius 1 is 0.973 bits per heavy atom. The summed E-state index contributed by atoms with van der Waals surface area (Å²) in [5.74, 6) is -1.44. The van der Waals surface area contributed by atoms with E-state index in [0.717, 1.165) is 20.5 Å². The second-order valence-corrected chi connectivity index (χ2v) is 10.0. The zero-order valence-corrected chi connectivity index (χ0v) is 23.0. The molecule has 37 heavy (non-hydrogen) atoms. The van der Waals surface area contributed by atoms with Crippen molar-refractivity contribution in [1.29, 1.82) is 0 Å². The molecule has 0 aliphatic carbocycles. The number of nitrogens with zero attached hydrogens (tertiary/aromatic N) is 1. The van der Waals surface area contributed by atoms with Gasteiger partial charge in [-0.1, -0.05) is 28.1 Å². The van der Waals surface area contributed by atoms with Gasteiger partial charge < -0.3 is 10.1 Å². The van der Waals surface area contributed by atoms with Gasteiger partial charge in [-0.05, 0) is 101 Å². The Bertz CT molecular complexity index is 1450. The first-order chi connectivity index (χ1) is 17.6. The molecule has 188 valence electrons. The third-order valence-corrected chi connectivity index (χ3v) is 6.75. The van der Waals surface area contributed by atoms with Crippen molar-refractivity contribution in [2.24, 2.45) is 0 Å². The maximum absolute atomic E-state index is 13.0. The Morgan fingerprint density at radius 2 is 1.70 bits per heavy atom. The van der Waals surface area contributed by atoms with Gasteiger partial charge in [-0.25, -0.2) is 9.69 Å². The van der Waals surface area contributed by atoms with Crippen LogP contribution in [-0.4, -0.2) is 30.4 Å². The van der Waals surface area contributed by atoms with Crippen molar-refractivity contribution in [3.8, 4) is 5.75 Å². The van der Waals surface area contributed by atoms with Gasteiger partial charge in [-0.3, -0.25) is 19.7 Å². The van der Waals surface area contributed by atoms with E-state index in [2.05, 4.69) is 42.5 Å². The van der Waals surface area contributed by atoms with Crippen molar-refractivity contribution < 1.29 is 23.9 Å². The minimum atomic E-state index is -0.821. The van der Waals surface area contributed by atoms with Gasteiger partial charge >= 0.3 is 6.03 Å². The monoisotopic (exact) mass is 625 g/mol. The van der Waals surface area contributed by atoms with Gasteiger partial charge in [0.05, 0.1) is 10.2 Å². The normalized spacial score (nSPS) is 14.5. The maximum Gasteiger partial charge on any atom is 0.335 e. The number of rotatable bonds is 6. The highest BCUT2D eigenvalue weighted by Gasteiger charge is 2.36. The zero-order chi connectivity index (χ0) is 26.7. The number of hydrogen-bond donors (Lipinski definition) is 2. The number of halogens is 2. The van der Waals surface area contributed by atoms with E-state index < -0.39 is 17.8 Å². The molecule has 4 rings (SSSR count). The van der Waals surface area contributed by atoms with Gasteiger partial charge in [-0.2, -0.15) is 0 Å². The lowest BCUT2D eigenvalue weighted by Gasteiger charge is -2.26. The van der Waals surface area contributed by atoms with Gasteiger partial charge in [0.15, 0.2) is 6.61 Å². The summed E-state index contributed by atoms with van der Waals surface area (Å²) >= 11 is 6.71. The molecule has 0 atom stereocenters. The van der Waals surface area contributed by atoms with Gasteiger partial charge in [-0.15, -0.1) is 0 Å². The molecule has 1 aliphatic heterocycles. The number of benzene rings is 3. The Kier molecular flexibility index (Phi) is 7.89. The van der Waals surface area contributed by atoms with Gasteiger partial charge in [0.1, 0.15) is 11.3 Å². The summed E-state index contributed by atoms with van der Waals surface area (Å²) < 4.78 is 6.93. The van der Waals surface area contributed by atoms with Crippen LogP contribution >= 0.6 is 31.9 Å². The third-order valence-electron chi connectivity index (χ3n) is 5.60. The van der Waals surface area contributed by atoms with Crippen molar-refractivity contribution in [2.75, 3.05) is 16.8 Å². The lowest BCUT2D eigenvalue weighted by atomic mass is 10.1. The molecule has 10 heteroatoms. The molecule has 0 saturated carbocycles. The fraction of sp³-hybridized carbons (Fsp3) is 0.111. The number of ether oxygens (including phenoxy) is 1. The van der Waals surface area contributed by atoms with E-state index in [0.29, 0.717) is 27.2 Å². The van der Waals surface area contributed by atoms with Crippen LogP contribution in [-0.2, 0) is 14.4 Å². The summed E-state index contributed by atoms with van der Waals surface area (Å²) in [4.78, 5) is 51.0. The smallest absolute Gasteiger partial charge is 0.335 e. The summed E-state index contributed by atoms with van der Waals surface area (Å²) in [6, 6.07) is 16.3. The predicted molar refractivity (Wildman–Crippen MR) is 147 cm³/mol. The van der Waals surface area contributed by atoms with Crippen LogP contribution in [0.2, 0.25) is 0 Å². The second-order valence-electron chi connectivity index (χ2n) is 8.26. The molecule has 0 unspecified atom stereocenters. The van der Waals surface area contributed by atoms with E-state index in [-0.39, 0.29) is 18.1 Å². The second kappa shape index (κ2) is 11.1. The van der Waals surface area contributed by atoms with Crippen LogP contribution in [0.15, 0.2) is 75.2 Å². The van der Waals surface area contributed by atoms with Gasteiger partial charge in [0.2, 0.25) is 0 Å². The van der Waals surface area contributed by atoms with Crippen LogP contribution in [0, 0.1) is 13.8 Å². The number of hydrogen-bond acceptors (Lipinski definition) is 5. The van der Waals surface area contributed by atoms with Gasteiger partial charge in [0, 0.05) is 10.2 Å². The molecule has 2 N–H and O–H groups in total. The SMILES string of the molecule is Cc1ccc(NC(=O)COc2ccc(/C=C3\C(=O)NC(=O)N(c4ccc(Br)cc4)C3=O)cc2Br)cc1C. The fourth-order valence-corrected chi connectivity index (χ4v) is 4.31. The van der Waals surface area contributed by atoms with E-state index in [9.17, 15) is 19.2 Å². The molecular formula is C27H21Br2N3O5. The molecular weight excluding hydrogens is 606 g/mol. The molecule has 1 heterocycles. The molecule has 0 bridgehead atoms. The highest BCUT2D eigenvalue weighted by molar-refractivity contribution is 9.10. The van der Waals surface area contributed by atoms with Crippen molar-refractivity contribution in [2.45, 2.75) is 13.8 Å². The number of nitrogens with one attached hydrogen (secondary N) is 2. The third kappa shape index (κ3) is 6.15. The maximum atomic E-state index is 13.0. The number of carbonyl (C=O) groups is 4. The minimum Gasteiger partial charge on any atom is -0.483 e. The number of imide groups is 2. The van der Waals surface area contributed by atoms with E-state index in [1.165, 1.54) is 6.08 Å². The van der Waals surface area contributed by atoms with Crippen LogP contribution < -0.4 is 20.3 Å². The molecule has 3 aromatic carbocycles. The first kappa shape index (κ1) is 26.3. The standard InChI is InChI=1S/C27H21Br2N3O5/c1-15-3-7-19(11-16(15)2)30-24(33)14-37-23-10-4-17(13-22(23)29)12-21-25(34)31-27(36)32(26(21)35)20-8-5-18(28)6-9-20/h3-13H,14H2,1-2H3,(H,30,33)(H,31,34,36)/b21-12+. The number of anilines is 2. The molecule has 1 aliphatic rings. The summed E-state index contributed by atoms with van der Waals surface area (Å²) in [5, 5.41) is 4.99. The van der Waals surface area contributed by atoms with Crippen molar-refractivity contribution in [3.63, 3.8) is 0 Å². The number of barbiturate groups is 1. The number of carbonyl (C=O) groups excluding carboxylic acids is 4. The summed E-state index contributed by atoms with van der Waals surface area (Å²) in [5.41, 5.74) is 3.53. The Hall–Kier alpha value is -3.76. The van der Waals surface area contributed by atoms with Crippen LogP contribution in [0.3, 0.4) is 0 Å². The van der Waals surface area contributed by atoms with Crippen molar-refractivity contribution >= 4 is 73.1 Å². The van der Waals surface area contributed by atoms with Crippen LogP contribution in [0.1, 0.15) is 16.7 Å². The topological polar surface area (TPSA) is 105 Å². The van der Waals surface area contributed by atoms with Gasteiger partial charge in [0.25, 0.3) is 17.7 Å². The van der Waals surface area contributed by atoms with Crippen molar-refractivity contribution in [3.05, 3.63) is 91.9 Å². The summed E-state index contributed by atoms with van der Waals surface area (Å²) in [6.45, 7) is 3.75. The average molecular weight is 627 g/mol.